The van der Waals surface area contributed by atoms with Gasteiger partial charge in [-0.3, -0.25) is 10.2 Å². The molecule has 0 saturated heterocycles. The highest BCUT2D eigenvalue weighted by molar-refractivity contribution is 6.64. The van der Waals surface area contributed by atoms with Crippen LogP contribution >= 0.6 is 0 Å². The molecule has 1 N–H and O–H groups in total. The van der Waals surface area contributed by atoms with Gasteiger partial charge in [0.2, 0.25) is 5.71 Å². The Labute approximate surface area is 111 Å². The van der Waals surface area contributed by atoms with Crippen LogP contribution in [0.5, 0.6) is 5.75 Å². The summed E-state index contributed by atoms with van der Waals surface area (Å²) in [6, 6.07) is 6.89. The van der Waals surface area contributed by atoms with E-state index in [1.165, 1.54) is 6.92 Å². The van der Waals surface area contributed by atoms with Crippen molar-refractivity contribution in [2.45, 2.75) is 13.8 Å². The number of carbonyl (C=O) groups is 2. The number of methoxy groups -OCH3 is 1. The van der Waals surface area contributed by atoms with E-state index >= 15 is 0 Å². The molecule has 0 radical (unpaired) electrons. The number of hydrazone groups is 1. The Kier molecular flexibility index (Phi) is 5.53. The van der Waals surface area contributed by atoms with E-state index < -0.39 is 11.8 Å². The first kappa shape index (κ1) is 14.7. The zero-order chi connectivity index (χ0) is 14.3. The quantitative estimate of drug-likeness (QED) is 0.365. The fourth-order valence-electron chi connectivity index (χ4n) is 1.25. The Balaban J connectivity index is 2.79. The molecule has 0 amide bonds. The first-order valence-electron chi connectivity index (χ1n) is 5.74. The number of ether oxygens (including phenoxy) is 2. The van der Waals surface area contributed by atoms with E-state index in [1.807, 2.05) is 0 Å². The van der Waals surface area contributed by atoms with Crippen molar-refractivity contribution in [3.63, 3.8) is 0 Å². The third-order valence-electron chi connectivity index (χ3n) is 2.19. The van der Waals surface area contributed by atoms with Crippen LogP contribution in [0.2, 0.25) is 0 Å². The predicted molar refractivity (Wildman–Crippen MR) is 71.4 cm³/mol. The molecule has 1 aromatic rings. The van der Waals surface area contributed by atoms with Gasteiger partial charge in [-0.2, -0.15) is 5.10 Å². The first-order chi connectivity index (χ1) is 9.08. The molecule has 0 saturated carbocycles. The molecule has 0 bridgehead atoms. The molecule has 19 heavy (non-hydrogen) atoms. The van der Waals surface area contributed by atoms with E-state index in [-0.39, 0.29) is 12.3 Å². The van der Waals surface area contributed by atoms with Crippen LogP contribution in [-0.4, -0.2) is 31.2 Å². The average Bonchev–Trinajstić information content (AvgIpc) is 2.39. The van der Waals surface area contributed by atoms with E-state index in [9.17, 15) is 9.59 Å². The second-order valence-corrected chi connectivity index (χ2v) is 3.58. The van der Waals surface area contributed by atoms with Gasteiger partial charge in [0.15, 0.2) is 5.78 Å². The number of Topliss-reactive ketones (excluding diaryl/α,β-unsaturated/α-hetero) is 1. The van der Waals surface area contributed by atoms with Gasteiger partial charge in [-0.1, -0.05) is 0 Å². The van der Waals surface area contributed by atoms with E-state index in [0.717, 1.165) is 0 Å². The highest BCUT2D eigenvalue weighted by Crippen LogP contribution is 2.14. The summed E-state index contributed by atoms with van der Waals surface area (Å²) in [6.45, 7) is 3.10. The summed E-state index contributed by atoms with van der Waals surface area (Å²) in [4.78, 5) is 22.8. The lowest BCUT2D eigenvalue weighted by Gasteiger charge is -2.05. The molecule has 0 aliphatic carbocycles. The van der Waals surface area contributed by atoms with Crippen molar-refractivity contribution in [1.82, 2.24) is 0 Å². The maximum Gasteiger partial charge on any atom is 0.362 e. The lowest BCUT2D eigenvalue weighted by Crippen LogP contribution is -2.25. The molecule has 6 heteroatoms. The summed E-state index contributed by atoms with van der Waals surface area (Å²) in [6.07, 6.45) is 0. The SMILES string of the molecule is CCOC(=O)/C(=N/Nc1ccc(OC)cc1)C(C)=O. The Bertz CT molecular complexity index is 480. The zero-order valence-corrected chi connectivity index (χ0v) is 11.1. The summed E-state index contributed by atoms with van der Waals surface area (Å²) in [5, 5.41) is 3.77. The van der Waals surface area contributed by atoms with Gasteiger partial charge in [0, 0.05) is 6.92 Å². The standard InChI is InChI=1S/C13H16N2O4/c1-4-19-13(17)12(9(2)16)15-14-10-5-7-11(18-3)8-6-10/h5-8,14H,4H2,1-3H3/b15-12+. The fraction of sp³-hybridized carbons (Fsp3) is 0.308. The monoisotopic (exact) mass is 264 g/mol. The Morgan fingerprint density at radius 3 is 2.37 bits per heavy atom. The molecule has 1 aromatic carbocycles. The molecule has 0 aliphatic heterocycles. The third kappa shape index (κ3) is 4.42. The van der Waals surface area contributed by atoms with E-state index in [1.54, 1.807) is 38.3 Å². The molecule has 0 heterocycles. The molecule has 0 unspecified atom stereocenters. The summed E-state index contributed by atoms with van der Waals surface area (Å²) in [5.74, 6) is -0.498. The van der Waals surface area contributed by atoms with Crippen LogP contribution in [0, 0.1) is 0 Å². The molecular weight excluding hydrogens is 248 g/mol. The van der Waals surface area contributed by atoms with Crippen LogP contribution in [0.1, 0.15) is 13.8 Å². The van der Waals surface area contributed by atoms with Gasteiger partial charge in [0.1, 0.15) is 5.75 Å². The Hall–Kier alpha value is -2.37. The molecule has 0 aromatic heterocycles. The highest BCUT2D eigenvalue weighted by Gasteiger charge is 2.17. The lowest BCUT2D eigenvalue weighted by molar-refractivity contribution is -0.135. The zero-order valence-electron chi connectivity index (χ0n) is 11.1. The molecule has 102 valence electrons. The topological polar surface area (TPSA) is 77.0 Å². The fourth-order valence-corrected chi connectivity index (χ4v) is 1.25. The van der Waals surface area contributed by atoms with Gasteiger partial charge >= 0.3 is 5.97 Å². The molecule has 6 nitrogen and oxygen atoms in total. The minimum Gasteiger partial charge on any atom is -0.497 e. The van der Waals surface area contributed by atoms with Crippen LogP contribution in [-0.2, 0) is 14.3 Å². The molecular formula is C13H16N2O4. The van der Waals surface area contributed by atoms with Crippen LogP contribution in [0.3, 0.4) is 0 Å². The van der Waals surface area contributed by atoms with Crippen molar-refractivity contribution >= 4 is 23.2 Å². The van der Waals surface area contributed by atoms with Crippen LogP contribution < -0.4 is 10.2 Å². The van der Waals surface area contributed by atoms with E-state index in [4.69, 9.17) is 9.47 Å². The summed E-state index contributed by atoms with van der Waals surface area (Å²) < 4.78 is 9.75. The summed E-state index contributed by atoms with van der Waals surface area (Å²) >= 11 is 0. The summed E-state index contributed by atoms with van der Waals surface area (Å²) in [5.41, 5.74) is 2.99. The van der Waals surface area contributed by atoms with Gasteiger partial charge in [0.05, 0.1) is 19.4 Å². The predicted octanol–water partition coefficient (Wildman–Crippen LogP) is 1.62. The van der Waals surface area contributed by atoms with Gasteiger partial charge in [-0.05, 0) is 31.2 Å². The van der Waals surface area contributed by atoms with Gasteiger partial charge < -0.3 is 9.47 Å². The molecule has 0 atom stereocenters. The normalized spacial score (nSPS) is 10.8. The number of esters is 1. The van der Waals surface area contributed by atoms with E-state index in [2.05, 4.69) is 10.5 Å². The van der Waals surface area contributed by atoms with Crippen LogP contribution in [0.15, 0.2) is 29.4 Å². The molecule has 0 spiro atoms. The molecule has 1 rings (SSSR count). The second-order valence-electron chi connectivity index (χ2n) is 3.58. The van der Waals surface area contributed by atoms with Gasteiger partial charge in [-0.15, -0.1) is 0 Å². The number of hydrogen-bond donors (Lipinski definition) is 1. The van der Waals surface area contributed by atoms with Crippen molar-refractivity contribution in [1.29, 1.82) is 0 Å². The van der Waals surface area contributed by atoms with Gasteiger partial charge in [0.25, 0.3) is 0 Å². The minimum atomic E-state index is -0.740. The lowest BCUT2D eigenvalue weighted by atomic mass is 10.3. The molecule has 0 aliphatic rings. The third-order valence-corrected chi connectivity index (χ3v) is 2.19. The maximum atomic E-state index is 11.5. The summed E-state index contributed by atoms with van der Waals surface area (Å²) in [7, 11) is 1.56. The smallest absolute Gasteiger partial charge is 0.362 e. The van der Waals surface area contributed by atoms with Gasteiger partial charge in [-0.25, -0.2) is 4.79 Å². The van der Waals surface area contributed by atoms with Crippen molar-refractivity contribution in [3.8, 4) is 5.75 Å². The maximum absolute atomic E-state index is 11.5. The number of carbonyl (C=O) groups excluding carboxylic acids is 2. The van der Waals surface area contributed by atoms with Crippen molar-refractivity contribution < 1.29 is 19.1 Å². The van der Waals surface area contributed by atoms with Crippen molar-refractivity contribution in [2.75, 3.05) is 19.1 Å². The highest BCUT2D eigenvalue weighted by atomic mass is 16.5. The number of hydrogen-bond acceptors (Lipinski definition) is 6. The first-order valence-corrected chi connectivity index (χ1v) is 5.74. The van der Waals surface area contributed by atoms with Crippen molar-refractivity contribution in [2.24, 2.45) is 5.10 Å². The number of ketones is 1. The van der Waals surface area contributed by atoms with Crippen LogP contribution in [0.4, 0.5) is 5.69 Å². The van der Waals surface area contributed by atoms with E-state index in [0.29, 0.717) is 11.4 Å². The second kappa shape index (κ2) is 7.15. The minimum absolute atomic E-state index is 0.188. The number of benzene rings is 1. The number of nitrogens with one attached hydrogen (secondary N) is 1. The number of rotatable bonds is 6. The number of anilines is 1. The van der Waals surface area contributed by atoms with Crippen LogP contribution in [0.25, 0.3) is 0 Å². The van der Waals surface area contributed by atoms with Crippen molar-refractivity contribution in [3.05, 3.63) is 24.3 Å². The average molecular weight is 264 g/mol. The largest absolute Gasteiger partial charge is 0.497 e. The number of nitrogens with zero attached hydrogens (tertiary/aromatic N) is 1. The molecule has 0 fully saturated rings. The Morgan fingerprint density at radius 1 is 1.26 bits per heavy atom. The Morgan fingerprint density at radius 2 is 1.89 bits per heavy atom.